The number of aromatic nitrogens is 2. The minimum atomic E-state index is 0.558. The van der Waals surface area contributed by atoms with Gasteiger partial charge in [0.25, 0.3) is 0 Å². The molecular weight excluding hydrogens is 304 g/mol. The fourth-order valence-corrected chi connectivity index (χ4v) is 3.00. The van der Waals surface area contributed by atoms with Crippen molar-refractivity contribution in [2.45, 2.75) is 23.8 Å². The Balaban J connectivity index is 1.89. The maximum absolute atomic E-state index is 6.26. The molecule has 4 nitrogen and oxygen atoms in total. The van der Waals surface area contributed by atoms with Crippen molar-refractivity contribution >= 4 is 29.0 Å². The van der Waals surface area contributed by atoms with Crippen molar-refractivity contribution < 1.29 is 0 Å². The summed E-state index contributed by atoms with van der Waals surface area (Å²) in [5.74, 6) is 0.632. The van der Waals surface area contributed by atoms with E-state index >= 15 is 0 Å². The average Bonchev–Trinajstić information content (AvgIpc) is 2.56. The molecule has 0 saturated heterocycles. The second-order valence-corrected chi connectivity index (χ2v) is 6.29. The van der Waals surface area contributed by atoms with Gasteiger partial charge in [0.15, 0.2) is 5.82 Å². The molecule has 0 aliphatic rings. The maximum atomic E-state index is 6.26. The van der Waals surface area contributed by atoms with E-state index in [0.29, 0.717) is 11.5 Å². The van der Waals surface area contributed by atoms with E-state index in [2.05, 4.69) is 35.2 Å². The molecule has 116 valence electrons. The van der Waals surface area contributed by atoms with Gasteiger partial charge in [-0.25, -0.2) is 9.97 Å². The van der Waals surface area contributed by atoms with Crippen LogP contribution < -0.4 is 11.1 Å². The highest BCUT2D eigenvalue weighted by atomic mass is 32.2. The van der Waals surface area contributed by atoms with Gasteiger partial charge in [-0.2, -0.15) is 0 Å². The Morgan fingerprint density at radius 3 is 2.52 bits per heavy atom. The number of hydrogen-bond acceptors (Lipinski definition) is 5. The van der Waals surface area contributed by atoms with E-state index in [1.165, 1.54) is 29.2 Å². The monoisotopic (exact) mass is 322 g/mol. The van der Waals surface area contributed by atoms with Crippen LogP contribution in [0.3, 0.4) is 0 Å². The highest BCUT2D eigenvalue weighted by Gasteiger charge is 2.11. The van der Waals surface area contributed by atoms with Crippen LogP contribution in [0.2, 0.25) is 0 Å². The molecule has 0 spiro atoms. The van der Waals surface area contributed by atoms with Crippen molar-refractivity contribution in [1.29, 1.82) is 0 Å². The molecule has 0 aliphatic carbocycles. The summed E-state index contributed by atoms with van der Waals surface area (Å²) in [4.78, 5) is 9.68. The zero-order valence-electron chi connectivity index (χ0n) is 13.1. The Bertz CT molecular complexity index is 819. The molecule has 1 heterocycles. The van der Waals surface area contributed by atoms with Crippen molar-refractivity contribution in [3.05, 3.63) is 66.0 Å². The van der Waals surface area contributed by atoms with Gasteiger partial charge in [-0.1, -0.05) is 42.1 Å². The third-order valence-corrected chi connectivity index (χ3v) is 4.69. The molecule has 0 atom stereocenters. The van der Waals surface area contributed by atoms with Crippen LogP contribution in [0.25, 0.3) is 0 Å². The topological polar surface area (TPSA) is 63.8 Å². The van der Waals surface area contributed by atoms with Crippen LogP contribution in [0.15, 0.2) is 64.8 Å². The van der Waals surface area contributed by atoms with E-state index < -0.39 is 0 Å². The molecule has 0 bridgehead atoms. The van der Waals surface area contributed by atoms with Gasteiger partial charge in [0, 0.05) is 10.6 Å². The summed E-state index contributed by atoms with van der Waals surface area (Å²) < 4.78 is 0. The lowest BCUT2D eigenvalue weighted by molar-refractivity contribution is 1.06. The molecule has 1 aromatic heterocycles. The first kappa shape index (κ1) is 15.4. The molecule has 2 aromatic carbocycles. The SMILES string of the molecule is Cc1cccc(Nc2ncnc(Sc3ccccc3)c2N)c1C. The highest BCUT2D eigenvalue weighted by Crippen LogP contribution is 2.34. The van der Waals surface area contributed by atoms with E-state index in [4.69, 9.17) is 5.73 Å². The molecule has 0 unspecified atom stereocenters. The van der Waals surface area contributed by atoms with Gasteiger partial charge < -0.3 is 11.1 Å². The summed E-state index contributed by atoms with van der Waals surface area (Å²) >= 11 is 1.53. The summed E-state index contributed by atoms with van der Waals surface area (Å²) in [5, 5.41) is 4.07. The molecule has 0 aliphatic heterocycles. The number of nitrogens with one attached hydrogen (secondary N) is 1. The van der Waals surface area contributed by atoms with Crippen LogP contribution >= 0.6 is 11.8 Å². The summed E-state index contributed by atoms with van der Waals surface area (Å²) in [6.07, 6.45) is 1.54. The summed E-state index contributed by atoms with van der Waals surface area (Å²) in [6.45, 7) is 4.16. The molecule has 0 radical (unpaired) electrons. The fourth-order valence-electron chi connectivity index (χ4n) is 2.17. The van der Waals surface area contributed by atoms with Gasteiger partial charge in [0.1, 0.15) is 17.0 Å². The zero-order valence-corrected chi connectivity index (χ0v) is 13.9. The normalized spacial score (nSPS) is 10.5. The fraction of sp³-hybridized carbons (Fsp3) is 0.111. The molecular formula is C18H18N4S. The van der Waals surface area contributed by atoms with Crippen LogP contribution in [-0.2, 0) is 0 Å². The summed E-state index contributed by atoms with van der Waals surface area (Å²) in [6, 6.07) is 16.2. The lowest BCUT2D eigenvalue weighted by Crippen LogP contribution is -2.03. The number of nitrogen functional groups attached to an aromatic ring is 1. The standard InChI is InChI=1S/C18H18N4S/c1-12-7-6-10-15(13(12)2)22-17-16(19)18(21-11-20-17)23-14-8-4-3-5-9-14/h3-11H,19H2,1-2H3,(H,20,21,22). The summed E-state index contributed by atoms with van der Waals surface area (Å²) in [7, 11) is 0. The van der Waals surface area contributed by atoms with Crippen LogP contribution in [0.4, 0.5) is 17.2 Å². The number of aryl methyl sites for hydroxylation is 1. The Morgan fingerprint density at radius 2 is 1.74 bits per heavy atom. The molecule has 3 rings (SSSR count). The molecule has 5 heteroatoms. The lowest BCUT2D eigenvalue weighted by atomic mass is 10.1. The van der Waals surface area contributed by atoms with Crippen molar-refractivity contribution in [3.63, 3.8) is 0 Å². The largest absolute Gasteiger partial charge is 0.394 e. The van der Waals surface area contributed by atoms with Crippen molar-refractivity contribution in [2.24, 2.45) is 0 Å². The minimum absolute atomic E-state index is 0.558. The maximum Gasteiger partial charge on any atom is 0.158 e. The molecule has 3 N–H and O–H groups in total. The zero-order chi connectivity index (χ0) is 16.2. The Labute approximate surface area is 140 Å². The van der Waals surface area contributed by atoms with Crippen molar-refractivity contribution in [2.75, 3.05) is 11.1 Å². The van der Waals surface area contributed by atoms with Crippen molar-refractivity contribution in [1.82, 2.24) is 9.97 Å². The lowest BCUT2D eigenvalue weighted by Gasteiger charge is -2.13. The first-order chi connectivity index (χ1) is 11.1. The molecule has 0 fully saturated rings. The van der Waals surface area contributed by atoms with E-state index in [-0.39, 0.29) is 0 Å². The Morgan fingerprint density at radius 1 is 0.957 bits per heavy atom. The van der Waals surface area contributed by atoms with Crippen LogP contribution in [0.1, 0.15) is 11.1 Å². The van der Waals surface area contributed by atoms with E-state index in [0.717, 1.165) is 15.6 Å². The molecule has 0 amide bonds. The average molecular weight is 322 g/mol. The predicted molar refractivity (Wildman–Crippen MR) is 96.2 cm³/mol. The van der Waals surface area contributed by atoms with Gasteiger partial charge >= 0.3 is 0 Å². The quantitative estimate of drug-likeness (QED) is 0.689. The summed E-state index contributed by atoms with van der Waals surface area (Å²) in [5.41, 5.74) is 10.2. The van der Waals surface area contributed by atoms with E-state index in [9.17, 15) is 0 Å². The second kappa shape index (κ2) is 6.71. The molecule has 0 saturated carbocycles. The first-order valence-corrected chi connectivity index (χ1v) is 8.13. The predicted octanol–water partition coefficient (Wildman–Crippen LogP) is 4.57. The molecule has 23 heavy (non-hydrogen) atoms. The number of nitrogens with two attached hydrogens (primary N) is 1. The smallest absolute Gasteiger partial charge is 0.158 e. The number of rotatable bonds is 4. The third-order valence-electron chi connectivity index (χ3n) is 3.66. The van der Waals surface area contributed by atoms with Gasteiger partial charge in [-0.15, -0.1) is 0 Å². The Hall–Kier alpha value is -2.53. The molecule has 3 aromatic rings. The highest BCUT2D eigenvalue weighted by molar-refractivity contribution is 7.99. The van der Waals surface area contributed by atoms with E-state index in [1.807, 2.05) is 42.5 Å². The van der Waals surface area contributed by atoms with Crippen LogP contribution in [-0.4, -0.2) is 9.97 Å². The second-order valence-electron chi connectivity index (χ2n) is 5.23. The van der Waals surface area contributed by atoms with Crippen LogP contribution in [0.5, 0.6) is 0 Å². The van der Waals surface area contributed by atoms with Gasteiger partial charge in [0.05, 0.1) is 0 Å². The number of nitrogens with zero attached hydrogens (tertiary/aromatic N) is 2. The third kappa shape index (κ3) is 3.46. The van der Waals surface area contributed by atoms with E-state index in [1.54, 1.807) is 0 Å². The van der Waals surface area contributed by atoms with Crippen LogP contribution in [0, 0.1) is 13.8 Å². The van der Waals surface area contributed by atoms with Gasteiger partial charge in [-0.3, -0.25) is 0 Å². The van der Waals surface area contributed by atoms with Gasteiger partial charge in [-0.05, 0) is 43.2 Å². The van der Waals surface area contributed by atoms with Crippen molar-refractivity contribution in [3.8, 4) is 0 Å². The number of hydrogen-bond donors (Lipinski definition) is 2. The Kier molecular flexibility index (Phi) is 4.48. The van der Waals surface area contributed by atoms with Gasteiger partial charge in [0.2, 0.25) is 0 Å². The number of anilines is 3. The first-order valence-electron chi connectivity index (χ1n) is 7.32. The number of benzene rings is 2. The minimum Gasteiger partial charge on any atom is -0.394 e.